The second kappa shape index (κ2) is 6.92. The van der Waals surface area contributed by atoms with Crippen molar-refractivity contribution in [3.8, 4) is 11.5 Å². The van der Waals surface area contributed by atoms with Gasteiger partial charge in [0, 0.05) is 11.4 Å². The summed E-state index contributed by atoms with van der Waals surface area (Å²) in [6, 6.07) is 16.9. The Balaban J connectivity index is 1.61. The molecule has 0 saturated carbocycles. The monoisotopic (exact) mass is 349 g/mol. The van der Waals surface area contributed by atoms with Gasteiger partial charge in [-0.2, -0.15) is 0 Å². The Morgan fingerprint density at radius 1 is 1.15 bits per heavy atom. The number of aryl methyl sites for hydroxylation is 1. The number of nitrogens with zero attached hydrogens (tertiary/aromatic N) is 2. The number of benzene rings is 2. The highest BCUT2D eigenvalue weighted by atomic mass is 16.6. The molecule has 1 N–H and O–H groups in total. The molecule has 1 aliphatic heterocycles. The fourth-order valence-corrected chi connectivity index (χ4v) is 2.92. The lowest BCUT2D eigenvalue weighted by atomic mass is 10.2. The molecule has 132 valence electrons. The van der Waals surface area contributed by atoms with Crippen LogP contribution in [0.15, 0.2) is 60.9 Å². The van der Waals surface area contributed by atoms with Crippen molar-refractivity contribution in [1.82, 2.24) is 9.97 Å². The molecule has 0 fully saturated rings. The van der Waals surface area contributed by atoms with Gasteiger partial charge in [0.05, 0.1) is 18.6 Å². The smallest absolute Gasteiger partial charge is 0.272 e. The molecule has 1 atom stereocenters. The molecule has 4 rings (SSSR count). The number of ether oxygens (including phenoxy) is 2. The number of carbonyl (C=O) groups is 1. The van der Waals surface area contributed by atoms with Crippen LogP contribution >= 0.6 is 0 Å². The molecular weight excluding hydrogens is 330 g/mol. The third kappa shape index (κ3) is 3.13. The van der Waals surface area contributed by atoms with Crippen molar-refractivity contribution in [3.63, 3.8) is 0 Å². The number of anilines is 1. The van der Waals surface area contributed by atoms with Gasteiger partial charge in [0.1, 0.15) is 6.61 Å². The van der Waals surface area contributed by atoms with E-state index in [4.69, 9.17) is 9.47 Å². The third-order valence-electron chi connectivity index (χ3n) is 4.36. The zero-order valence-electron chi connectivity index (χ0n) is 14.4. The maximum absolute atomic E-state index is 13.2. The predicted octanol–water partition coefficient (Wildman–Crippen LogP) is 3.09. The quantitative estimate of drug-likeness (QED) is 0.786. The predicted molar refractivity (Wildman–Crippen MR) is 97.3 cm³/mol. The Hall–Kier alpha value is -3.28. The largest absolute Gasteiger partial charge is 0.485 e. The van der Waals surface area contributed by atoms with Crippen molar-refractivity contribution in [1.29, 1.82) is 0 Å². The van der Waals surface area contributed by atoms with Gasteiger partial charge in [-0.1, -0.05) is 30.3 Å². The molecule has 1 aromatic heterocycles. The molecule has 1 amide bonds. The summed E-state index contributed by atoms with van der Waals surface area (Å²) in [5.41, 5.74) is 2.55. The minimum absolute atomic E-state index is 0.159. The van der Waals surface area contributed by atoms with Gasteiger partial charge in [-0.3, -0.25) is 4.79 Å². The number of carbonyl (C=O) groups excluding carboxylic acids is 1. The van der Waals surface area contributed by atoms with Gasteiger partial charge in [-0.15, -0.1) is 0 Å². The molecule has 6 nitrogen and oxygen atoms in total. The fraction of sp³-hybridized carbons (Fsp3) is 0.200. The van der Waals surface area contributed by atoms with Gasteiger partial charge < -0.3 is 19.4 Å². The molecule has 0 radical (unpaired) electrons. The number of H-pyrrole nitrogens is 1. The molecule has 0 bridgehead atoms. The summed E-state index contributed by atoms with van der Waals surface area (Å²) in [6.07, 6.45) is 0.929. The summed E-state index contributed by atoms with van der Waals surface area (Å²) < 4.78 is 11.6. The van der Waals surface area contributed by atoms with Crippen molar-refractivity contribution in [3.05, 3.63) is 72.3 Å². The van der Waals surface area contributed by atoms with Crippen molar-refractivity contribution >= 4 is 11.6 Å². The van der Waals surface area contributed by atoms with Crippen LogP contribution < -0.4 is 14.4 Å². The van der Waals surface area contributed by atoms with E-state index < -0.39 is 6.10 Å². The number of aromatic amines is 1. The minimum Gasteiger partial charge on any atom is -0.485 e. The second-order valence-electron chi connectivity index (χ2n) is 6.10. The standard InChI is InChI=1S/C20H19N3O3/c1-14-16(22-13-21-14)11-23(15-7-3-2-4-8-15)20(24)19-12-25-17-9-5-6-10-18(17)26-19/h2-10,13,19H,11-12H2,1H3,(H,21,22)/t19-/m1/s1. The van der Waals surface area contributed by atoms with Crippen LogP contribution in [0, 0.1) is 6.92 Å². The van der Waals surface area contributed by atoms with Crippen LogP contribution in [0.5, 0.6) is 11.5 Å². The molecule has 0 saturated heterocycles. The lowest BCUT2D eigenvalue weighted by molar-refractivity contribution is -0.127. The van der Waals surface area contributed by atoms with Crippen LogP contribution in [0.1, 0.15) is 11.4 Å². The summed E-state index contributed by atoms with van der Waals surface area (Å²) in [5.74, 6) is 1.08. The highest BCUT2D eigenvalue weighted by Gasteiger charge is 2.32. The minimum atomic E-state index is -0.704. The van der Waals surface area contributed by atoms with Crippen molar-refractivity contribution < 1.29 is 14.3 Å². The van der Waals surface area contributed by atoms with E-state index in [0.717, 1.165) is 17.1 Å². The van der Waals surface area contributed by atoms with E-state index in [-0.39, 0.29) is 12.5 Å². The first-order chi connectivity index (χ1) is 12.7. The SMILES string of the molecule is Cc1[nH]cnc1CN(C(=O)[C@H]1COc2ccccc2O1)c1ccccc1. The molecule has 26 heavy (non-hydrogen) atoms. The Kier molecular flexibility index (Phi) is 4.31. The van der Waals surface area contributed by atoms with Crippen LogP contribution in [0.3, 0.4) is 0 Å². The van der Waals surface area contributed by atoms with Crippen molar-refractivity contribution in [2.75, 3.05) is 11.5 Å². The maximum Gasteiger partial charge on any atom is 0.272 e. The molecule has 6 heteroatoms. The summed E-state index contributed by atoms with van der Waals surface area (Å²) in [6.45, 7) is 2.48. The van der Waals surface area contributed by atoms with Crippen LogP contribution in [0.4, 0.5) is 5.69 Å². The number of amides is 1. The molecular formula is C20H19N3O3. The van der Waals surface area contributed by atoms with Gasteiger partial charge >= 0.3 is 0 Å². The number of hydrogen-bond donors (Lipinski definition) is 1. The number of fused-ring (bicyclic) bond motifs is 1. The van der Waals surface area contributed by atoms with E-state index in [1.165, 1.54) is 0 Å². The van der Waals surface area contributed by atoms with Crippen LogP contribution in [-0.2, 0) is 11.3 Å². The maximum atomic E-state index is 13.2. The van der Waals surface area contributed by atoms with E-state index >= 15 is 0 Å². The summed E-state index contributed by atoms with van der Waals surface area (Å²) >= 11 is 0. The molecule has 0 unspecified atom stereocenters. The van der Waals surface area contributed by atoms with Gasteiger partial charge in [-0.05, 0) is 31.2 Å². The lowest BCUT2D eigenvalue weighted by Crippen LogP contribution is -2.46. The highest BCUT2D eigenvalue weighted by Crippen LogP contribution is 2.32. The Labute approximate surface area is 151 Å². The van der Waals surface area contributed by atoms with Crippen molar-refractivity contribution in [2.24, 2.45) is 0 Å². The van der Waals surface area contributed by atoms with Crippen LogP contribution in [0.2, 0.25) is 0 Å². The van der Waals surface area contributed by atoms with Gasteiger partial charge in [-0.25, -0.2) is 4.98 Å². The Bertz CT molecular complexity index is 907. The third-order valence-corrected chi connectivity index (χ3v) is 4.36. The first-order valence-corrected chi connectivity index (χ1v) is 8.46. The van der Waals surface area contributed by atoms with Gasteiger partial charge in [0.2, 0.25) is 6.10 Å². The number of para-hydroxylation sites is 3. The first kappa shape index (κ1) is 16.2. The second-order valence-corrected chi connectivity index (χ2v) is 6.10. The Morgan fingerprint density at radius 2 is 1.88 bits per heavy atom. The lowest BCUT2D eigenvalue weighted by Gasteiger charge is -2.30. The Morgan fingerprint density at radius 3 is 2.62 bits per heavy atom. The normalized spacial score (nSPS) is 15.5. The topological polar surface area (TPSA) is 67.5 Å². The first-order valence-electron chi connectivity index (χ1n) is 8.46. The number of nitrogens with one attached hydrogen (secondary N) is 1. The van der Waals surface area contributed by atoms with Crippen LogP contribution in [-0.4, -0.2) is 28.6 Å². The summed E-state index contributed by atoms with van der Waals surface area (Å²) in [5, 5.41) is 0. The zero-order chi connectivity index (χ0) is 17.9. The van der Waals surface area contributed by atoms with Gasteiger partial charge in [0.15, 0.2) is 11.5 Å². The van der Waals surface area contributed by atoms with E-state index in [9.17, 15) is 4.79 Å². The van der Waals surface area contributed by atoms with E-state index in [1.807, 2.05) is 55.5 Å². The summed E-state index contributed by atoms with van der Waals surface area (Å²) in [7, 11) is 0. The van der Waals surface area contributed by atoms with E-state index in [2.05, 4.69) is 9.97 Å². The zero-order valence-corrected chi connectivity index (χ0v) is 14.4. The molecule has 1 aliphatic rings. The fourth-order valence-electron chi connectivity index (χ4n) is 2.92. The number of imidazole rings is 1. The van der Waals surface area contributed by atoms with Crippen molar-refractivity contribution in [2.45, 2.75) is 19.6 Å². The molecule has 0 aliphatic carbocycles. The summed E-state index contributed by atoms with van der Waals surface area (Å²) in [4.78, 5) is 22.3. The van der Waals surface area contributed by atoms with E-state index in [0.29, 0.717) is 18.0 Å². The number of hydrogen-bond acceptors (Lipinski definition) is 4. The molecule has 2 aromatic carbocycles. The van der Waals surface area contributed by atoms with Crippen LogP contribution in [0.25, 0.3) is 0 Å². The molecule has 0 spiro atoms. The molecule has 2 heterocycles. The van der Waals surface area contributed by atoms with E-state index in [1.54, 1.807) is 17.3 Å². The number of aromatic nitrogens is 2. The molecule has 3 aromatic rings. The average Bonchev–Trinajstić information content (AvgIpc) is 3.10. The average molecular weight is 349 g/mol. The number of rotatable bonds is 4. The van der Waals surface area contributed by atoms with Gasteiger partial charge in [0.25, 0.3) is 5.91 Å². The highest BCUT2D eigenvalue weighted by molar-refractivity contribution is 5.97.